The van der Waals surface area contributed by atoms with E-state index in [0.717, 1.165) is 11.7 Å². The van der Waals surface area contributed by atoms with Gasteiger partial charge in [0.15, 0.2) is 0 Å². The average Bonchev–Trinajstić information content (AvgIpc) is 2.69. The van der Waals surface area contributed by atoms with Gasteiger partial charge < -0.3 is 9.52 Å². The Hall–Kier alpha value is -0.480. The molecule has 2 heterocycles. The van der Waals surface area contributed by atoms with Crippen LogP contribution in [0.5, 0.6) is 0 Å². The van der Waals surface area contributed by atoms with Gasteiger partial charge in [0.2, 0.25) is 5.89 Å². The number of thioether (sulfide) groups is 1. The maximum atomic E-state index is 9.19. The molecule has 0 radical (unpaired) electrons. The zero-order chi connectivity index (χ0) is 9.97. The van der Waals surface area contributed by atoms with Gasteiger partial charge in [0.1, 0.15) is 5.76 Å². The van der Waals surface area contributed by atoms with E-state index in [1.807, 2.05) is 11.8 Å². The molecule has 0 saturated carbocycles. The van der Waals surface area contributed by atoms with Crippen molar-refractivity contribution in [3.63, 3.8) is 0 Å². The molecule has 3 nitrogen and oxygen atoms in total. The fraction of sp³-hybridized carbons (Fsp3) is 0.700. The Kier molecular flexibility index (Phi) is 3.13. The molecule has 1 aliphatic heterocycles. The first-order valence-corrected chi connectivity index (χ1v) is 6.05. The molecule has 0 spiro atoms. The first-order valence-electron chi connectivity index (χ1n) is 5.00. The lowest BCUT2D eigenvalue weighted by molar-refractivity contribution is 0.186. The number of aliphatic hydroxyl groups excluding tert-OH is 1. The third kappa shape index (κ3) is 2.30. The predicted octanol–water partition coefficient (Wildman–Crippen LogP) is 2.17. The molecule has 0 aliphatic carbocycles. The summed E-state index contributed by atoms with van der Waals surface area (Å²) in [5.41, 5.74) is 0. The first kappa shape index (κ1) is 10.1. The van der Waals surface area contributed by atoms with Gasteiger partial charge in [0.25, 0.3) is 0 Å². The molecular formula is C10H15NO2S. The van der Waals surface area contributed by atoms with Gasteiger partial charge in [-0.15, -0.1) is 11.8 Å². The molecule has 78 valence electrons. The number of nitrogens with zero attached hydrogens (tertiary/aromatic N) is 1. The van der Waals surface area contributed by atoms with Crippen LogP contribution >= 0.6 is 11.8 Å². The summed E-state index contributed by atoms with van der Waals surface area (Å²) in [6.45, 7) is 1.76. The molecule has 1 fully saturated rings. The summed E-state index contributed by atoms with van der Waals surface area (Å²) in [6, 6.07) is 0. The van der Waals surface area contributed by atoms with Gasteiger partial charge in [-0.1, -0.05) is 0 Å². The van der Waals surface area contributed by atoms with E-state index in [1.54, 1.807) is 13.1 Å². The van der Waals surface area contributed by atoms with Gasteiger partial charge in [-0.25, -0.2) is 4.98 Å². The fourth-order valence-corrected chi connectivity index (χ4v) is 2.83. The quantitative estimate of drug-likeness (QED) is 0.835. The molecule has 14 heavy (non-hydrogen) atoms. The third-order valence-electron chi connectivity index (χ3n) is 2.27. The molecule has 0 aromatic carbocycles. The van der Waals surface area contributed by atoms with Crippen LogP contribution in [0.1, 0.15) is 36.7 Å². The summed E-state index contributed by atoms with van der Waals surface area (Å²) >= 11 is 1.91. The minimum atomic E-state index is -0.355. The van der Waals surface area contributed by atoms with E-state index < -0.39 is 0 Å². The largest absolute Gasteiger partial charge is 0.444 e. The SMILES string of the molecule is CC(O)Cc1cnc(C2CCCS2)o1. The van der Waals surface area contributed by atoms with Crippen LogP contribution in [0.15, 0.2) is 10.6 Å². The van der Waals surface area contributed by atoms with Crippen LogP contribution in [0.3, 0.4) is 0 Å². The van der Waals surface area contributed by atoms with Crippen molar-refractivity contribution in [1.29, 1.82) is 0 Å². The molecule has 2 rings (SSSR count). The molecule has 1 aliphatic rings. The summed E-state index contributed by atoms with van der Waals surface area (Å²) < 4.78 is 5.59. The van der Waals surface area contributed by atoms with Crippen LogP contribution in [-0.2, 0) is 6.42 Å². The van der Waals surface area contributed by atoms with Crippen LogP contribution in [0.2, 0.25) is 0 Å². The van der Waals surface area contributed by atoms with Crippen molar-refractivity contribution in [3.05, 3.63) is 17.8 Å². The predicted molar refractivity (Wildman–Crippen MR) is 56.3 cm³/mol. The molecule has 1 aromatic rings. The van der Waals surface area contributed by atoms with E-state index in [4.69, 9.17) is 4.42 Å². The van der Waals surface area contributed by atoms with Crippen molar-refractivity contribution in [1.82, 2.24) is 4.98 Å². The zero-order valence-electron chi connectivity index (χ0n) is 8.27. The van der Waals surface area contributed by atoms with E-state index in [0.29, 0.717) is 11.7 Å². The van der Waals surface area contributed by atoms with Crippen LogP contribution in [0.4, 0.5) is 0 Å². The van der Waals surface area contributed by atoms with Crippen molar-refractivity contribution in [3.8, 4) is 0 Å². The second-order valence-corrected chi connectivity index (χ2v) is 5.03. The van der Waals surface area contributed by atoms with Gasteiger partial charge in [-0.05, 0) is 25.5 Å². The van der Waals surface area contributed by atoms with E-state index in [-0.39, 0.29) is 6.10 Å². The van der Waals surface area contributed by atoms with Gasteiger partial charge >= 0.3 is 0 Å². The van der Waals surface area contributed by atoms with E-state index in [2.05, 4.69) is 4.98 Å². The standard InChI is InChI=1S/C10H15NO2S/c1-7(12)5-8-6-11-10(13-8)9-3-2-4-14-9/h6-7,9,12H,2-5H2,1H3. The maximum Gasteiger partial charge on any atom is 0.207 e. The monoisotopic (exact) mass is 213 g/mol. The summed E-state index contributed by atoms with van der Waals surface area (Å²) in [4.78, 5) is 4.25. The van der Waals surface area contributed by atoms with Crippen LogP contribution < -0.4 is 0 Å². The van der Waals surface area contributed by atoms with Crippen LogP contribution in [0, 0.1) is 0 Å². The second-order valence-electron chi connectivity index (χ2n) is 3.72. The number of aromatic nitrogens is 1. The molecule has 2 atom stereocenters. The van der Waals surface area contributed by atoms with Gasteiger partial charge in [0, 0.05) is 6.42 Å². The summed E-state index contributed by atoms with van der Waals surface area (Å²) in [5.74, 6) is 2.84. The van der Waals surface area contributed by atoms with Crippen molar-refractivity contribution >= 4 is 11.8 Å². The highest BCUT2D eigenvalue weighted by Crippen LogP contribution is 2.39. The van der Waals surface area contributed by atoms with E-state index in [1.165, 1.54) is 18.6 Å². The van der Waals surface area contributed by atoms with Crippen molar-refractivity contribution in [2.75, 3.05) is 5.75 Å². The molecule has 2 unspecified atom stereocenters. The molecule has 0 bridgehead atoms. The Labute approximate surface area is 87.9 Å². The van der Waals surface area contributed by atoms with Gasteiger partial charge in [-0.3, -0.25) is 0 Å². The fourth-order valence-electron chi connectivity index (χ4n) is 1.63. The van der Waals surface area contributed by atoms with Crippen molar-refractivity contribution < 1.29 is 9.52 Å². The second kappa shape index (κ2) is 4.36. The Morgan fingerprint density at radius 3 is 3.29 bits per heavy atom. The lowest BCUT2D eigenvalue weighted by Crippen LogP contribution is -2.02. The molecular weight excluding hydrogens is 198 g/mol. The molecule has 4 heteroatoms. The summed E-state index contributed by atoms with van der Waals surface area (Å²) in [6.07, 6.45) is 4.36. The molecule has 1 N–H and O–H groups in total. The number of hydrogen-bond donors (Lipinski definition) is 1. The van der Waals surface area contributed by atoms with E-state index >= 15 is 0 Å². The lowest BCUT2D eigenvalue weighted by Gasteiger charge is -2.02. The highest BCUT2D eigenvalue weighted by atomic mass is 32.2. The van der Waals surface area contributed by atoms with Crippen molar-refractivity contribution in [2.24, 2.45) is 0 Å². The van der Waals surface area contributed by atoms with Gasteiger partial charge in [-0.2, -0.15) is 0 Å². The number of oxazole rings is 1. The first-order chi connectivity index (χ1) is 6.75. The molecule has 1 aromatic heterocycles. The Bertz CT molecular complexity index is 292. The van der Waals surface area contributed by atoms with E-state index in [9.17, 15) is 5.11 Å². The molecule has 1 saturated heterocycles. The number of aliphatic hydroxyl groups is 1. The van der Waals surface area contributed by atoms with Crippen molar-refractivity contribution in [2.45, 2.75) is 37.5 Å². The number of rotatable bonds is 3. The van der Waals surface area contributed by atoms with Crippen LogP contribution in [0.25, 0.3) is 0 Å². The molecule has 0 amide bonds. The Morgan fingerprint density at radius 1 is 1.79 bits per heavy atom. The maximum absolute atomic E-state index is 9.19. The highest BCUT2D eigenvalue weighted by molar-refractivity contribution is 7.99. The summed E-state index contributed by atoms with van der Waals surface area (Å²) in [7, 11) is 0. The third-order valence-corrected chi connectivity index (χ3v) is 3.64. The topological polar surface area (TPSA) is 46.3 Å². The normalized spacial score (nSPS) is 24.0. The zero-order valence-corrected chi connectivity index (χ0v) is 9.09. The van der Waals surface area contributed by atoms with Crippen LogP contribution in [-0.4, -0.2) is 21.9 Å². The van der Waals surface area contributed by atoms with Gasteiger partial charge in [0.05, 0.1) is 17.6 Å². The summed E-state index contributed by atoms with van der Waals surface area (Å²) in [5, 5.41) is 9.63. The Morgan fingerprint density at radius 2 is 2.64 bits per heavy atom. The minimum Gasteiger partial charge on any atom is -0.444 e. The lowest BCUT2D eigenvalue weighted by atomic mass is 10.2. The smallest absolute Gasteiger partial charge is 0.207 e. The highest BCUT2D eigenvalue weighted by Gasteiger charge is 2.22. The average molecular weight is 213 g/mol. The minimum absolute atomic E-state index is 0.355. The Balaban J connectivity index is 2.01. The number of hydrogen-bond acceptors (Lipinski definition) is 4.